The van der Waals surface area contributed by atoms with E-state index in [9.17, 15) is 9.59 Å². The summed E-state index contributed by atoms with van der Waals surface area (Å²) in [5, 5.41) is 4.14. The van der Waals surface area contributed by atoms with Crippen LogP contribution in [-0.4, -0.2) is 57.2 Å². The van der Waals surface area contributed by atoms with Crippen LogP contribution < -0.4 is 0 Å². The van der Waals surface area contributed by atoms with Crippen molar-refractivity contribution in [3.8, 4) is 0 Å². The van der Waals surface area contributed by atoms with Crippen LogP contribution in [0.5, 0.6) is 0 Å². The van der Waals surface area contributed by atoms with Gasteiger partial charge < -0.3 is 14.5 Å². The van der Waals surface area contributed by atoms with Crippen LogP contribution >= 0.6 is 0 Å². The Balaban J connectivity index is 1.88. The number of aromatic nitrogens is 2. The molecule has 1 fully saturated rings. The Morgan fingerprint density at radius 1 is 1.33 bits per heavy atom. The first-order valence-electron chi connectivity index (χ1n) is 9.08. The van der Waals surface area contributed by atoms with Gasteiger partial charge in [-0.2, -0.15) is 5.10 Å². The highest BCUT2D eigenvalue weighted by molar-refractivity contribution is 5.86. The lowest BCUT2D eigenvalue weighted by atomic mass is 9.95. The molecular formula is C20H26N4O3. The van der Waals surface area contributed by atoms with Gasteiger partial charge >= 0.3 is 0 Å². The summed E-state index contributed by atoms with van der Waals surface area (Å²) in [5.41, 5.74) is 1.84. The molecule has 1 aromatic heterocycles. The van der Waals surface area contributed by atoms with E-state index >= 15 is 0 Å². The van der Waals surface area contributed by atoms with Crippen LogP contribution in [0.1, 0.15) is 31.0 Å². The molecule has 1 aromatic carbocycles. The molecule has 27 heavy (non-hydrogen) atoms. The Morgan fingerprint density at radius 2 is 2.04 bits per heavy atom. The van der Waals surface area contributed by atoms with Crippen LogP contribution in [0.3, 0.4) is 0 Å². The molecule has 7 nitrogen and oxygen atoms in total. The van der Waals surface area contributed by atoms with Crippen LogP contribution in [-0.2, 0) is 27.9 Å². The average molecular weight is 370 g/mol. The zero-order chi connectivity index (χ0) is 19.6. The van der Waals surface area contributed by atoms with E-state index in [1.807, 2.05) is 57.4 Å². The Hall–Kier alpha value is -2.67. The van der Waals surface area contributed by atoms with Crippen molar-refractivity contribution in [2.45, 2.75) is 38.6 Å². The van der Waals surface area contributed by atoms with E-state index in [1.54, 1.807) is 27.7 Å². The van der Waals surface area contributed by atoms with E-state index in [0.29, 0.717) is 6.54 Å². The van der Waals surface area contributed by atoms with Crippen LogP contribution in [0.25, 0.3) is 0 Å². The van der Waals surface area contributed by atoms with Crippen molar-refractivity contribution in [1.29, 1.82) is 0 Å². The quantitative estimate of drug-likeness (QED) is 0.804. The maximum Gasteiger partial charge on any atom is 0.254 e. The number of nitrogens with zero attached hydrogens (tertiary/aromatic N) is 4. The van der Waals surface area contributed by atoms with Crippen molar-refractivity contribution in [1.82, 2.24) is 19.6 Å². The first kappa shape index (κ1) is 19.1. The molecular weight excluding hydrogens is 344 g/mol. The number of rotatable bonds is 5. The first-order chi connectivity index (χ1) is 12.9. The number of hydrogen-bond donors (Lipinski definition) is 0. The topological polar surface area (TPSA) is 67.7 Å². The van der Waals surface area contributed by atoms with Crippen molar-refractivity contribution < 1.29 is 14.3 Å². The Morgan fingerprint density at radius 3 is 2.63 bits per heavy atom. The number of carbonyl (C=O) groups excluding carboxylic acids is 2. The summed E-state index contributed by atoms with van der Waals surface area (Å²) in [6.07, 6.45) is 2.88. The minimum atomic E-state index is -0.742. The summed E-state index contributed by atoms with van der Waals surface area (Å²) in [6, 6.07) is 9.12. The van der Waals surface area contributed by atoms with Crippen LogP contribution in [0.2, 0.25) is 0 Å². The van der Waals surface area contributed by atoms with Crippen LogP contribution in [0.4, 0.5) is 0 Å². The number of carbonyl (C=O) groups is 2. The third-order valence-electron chi connectivity index (χ3n) is 4.76. The van der Waals surface area contributed by atoms with Gasteiger partial charge in [-0.25, -0.2) is 0 Å². The van der Waals surface area contributed by atoms with Gasteiger partial charge in [-0.05, 0) is 19.4 Å². The van der Waals surface area contributed by atoms with E-state index < -0.39 is 12.1 Å². The Kier molecular flexibility index (Phi) is 5.60. The highest BCUT2D eigenvalue weighted by atomic mass is 16.5. The molecule has 2 atom stereocenters. The molecule has 1 aliphatic rings. The monoisotopic (exact) mass is 370 g/mol. The predicted octanol–water partition coefficient (Wildman–Crippen LogP) is 1.76. The van der Waals surface area contributed by atoms with Gasteiger partial charge in [0.25, 0.3) is 5.91 Å². The van der Waals surface area contributed by atoms with Gasteiger partial charge in [-0.1, -0.05) is 30.3 Å². The van der Waals surface area contributed by atoms with Crippen LogP contribution in [0, 0.1) is 0 Å². The summed E-state index contributed by atoms with van der Waals surface area (Å²) in [4.78, 5) is 29.1. The number of amides is 2. The third kappa shape index (κ3) is 4.03. The second-order valence-electron chi connectivity index (χ2n) is 7.20. The number of benzene rings is 1. The highest BCUT2D eigenvalue weighted by Gasteiger charge is 2.43. The molecule has 0 unspecified atom stereocenters. The molecule has 7 heteroatoms. The zero-order valence-electron chi connectivity index (χ0n) is 16.2. The largest absolute Gasteiger partial charge is 0.356 e. The molecule has 0 aliphatic carbocycles. The van der Waals surface area contributed by atoms with E-state index in [4.69, 9.17) is 4.74 Å². The van der Waals surface area contributed by atoms with Crippen molar-refractivity contribution in [3.63, 3.8) is 0 Å². The zero-order valence-corrected chi connectivity index (χ0v) is 16.2. The average Bonchev–Trinajstić information content (AvgIpc) is 3.05. The molecule has 144 valence electrons. The van der Waals surface area contributed by atoms with Crippen molar-refractivity contribution in [2.24, 2.45) is 7.05 Å². The van der Waals surface area contributed by atoms with Crippen molar-refractivity contribution in [2.75, 3.05) is 13.7 Å². The normalized spacial score (nSPS) is 20.2. The summed E-state index contributed by atoms with van der Waals surface area (Å²) in [5.74, 6) is -0.247. The lowest BCUT2D eigenvalue weighted by Crippen LogP contribution is -2.56. The summed E-state index contributed by atoms with van der Waals surface area (Å²) in [7, 11) is 3.59. The van der Waals surface area contributed by atoms with Gasteiger partial charge in [0, 0.05) is 38.4 Å². The third-order valence-corrected chi connectivity index (χ3v) is 4.76. The molecule has 0 bridgehead atoms. The van der Waals surface area contributed by atoms with Gasteiger partial charge in [-0.3, -0.25) is 14.3 Å². The van der Waals surface area contributed by atoms with Crippen LogP contribution in [0.15, 0.2) is 42.7 Å². The van der Waals surface area contributed by atoms with Gasteiger partial charge in [0.15, 0.2) is 6.10 Å². The van der Waals surface area contributed by atoms with Crippen molar-refractivity contribution in [3.05, 3.63) is 53.9 Å². The fourth-order valence-electron chi connectivity index (χ4n) is 3.55. The van der Waals surface area contributed by atoms with Gasteiger partial charge in [0.2, 0.25) is 5.91 Å². The molecule has 2 amide bonds. The fourth-order valence-corrected chi connectivity index (χ4v) is 3.55. The minimum Gasteiger partial charge on any atom is -0.356 e. The van der Waals surface area contributed by atoms with E-state index in [1.165, 1.54) is 0 Å². The van der Waals surface area contributed by atoms with Gasteiger partial charge in [0.1, 0.15) is 6.61 Å². The smallest absolute Gasteiger partial charge is 0.254 e. The molecule has 2 aromatic rings. The van der Waals surface area contributed by atoms with E-state index in [2.05, 4.69) is 5.10 Å². The summed E-state index contributed by atoms with van der Waals surface area (Å²) >= 11 is 0. The molecule has 0 saturated carbocycles. The molecule has 0 N–H and O–H groups in total. The predicted molar refractivity (Wildman–Crippen MR) is 101 cm³/mol. The molecule has 2 heterocycles. The van der Waals surface area contributed by atoms with E-state index in [-0.39, 0.29) is 24.5 Å². The Bertz CT molecular complexity index is 803. The van der Waals surface area contributed by atoms with E-state index in [0.717, 1.165) is 11.1 Å². The second kappa shape index (κ2) is 7.92. The molecule has 1 saturated heterocycles. The van der Waals surface area contributed by atoms with Gasteiger partial charge in [-0.15, -0.1) is 0 Å². The molecule has 3 rings (SSSR count). The number of aryl methyl sites for hydroxylation is 1. The maximum atomic E-state index is 13.2. The minimum absolute atomic E-state index is 0.0365. The standard InChI is InChI=1S/C20H26N4O3/c1-14(2)24-17(25)13-27-19(18(24)16-8-6-5-7-9-16)20(26)22(3)11-15-10-21-23(4)12-15/h5-10,12,14,18-19H,11,13H2,1-4H3/t18-,19+/m1/s1. The number of morpholine rings is 1. The van der Waals surface area contributed by atoms with Gasteiger partial charge in [0.05, 0.1) is 12.2 Å². The summed E-state index contributed by atoms with van der Waals surface area (Å²) in [6.45, 7) is 4.27. The molecule has 0 radical (unpaired) electrons. The Labute approximate surface area is 159 Å². The lowest BCUT2D eigenvalue weighted by molar-refractivity contribution is -0.171. The van der Waals surface area contributed by atoms with Crippen molar-refractivity contribution >= 4 is 11.8 Å². The lowest BCUT2D eigenvalue weighted by Gasteiger charge is -2.43. The summed E-state index contributed by atoms with van der Waals surface area (Å²) < 4.78 is 7.47. The first-order valence-corrected chi connectivity index (χ1v) is 9.08. The number of hydrogen-bond acceptors (Lipinski definition) is 4. The number of likely N-dealkylation sites (N-methyl/N-ethyl adjacent to an activating group) is 1. The molecule has 0 spiro atoms. The molecule has 1 aliphatic heterocycles. The second-order valence-corrected chi connectivity index (χ2v) is 7.20. The fraction of sp³-hybridized carbons (Fsp3) is 0.450. The number of ether oxygens (including phenoxy) is 1. The highest BCUT2D eigenvalue weighted by Crippen LogP contribution is 2.33. The maximum absolute atomic E-state index is 13.2. The SMILES string of the molecule is CC(C)N1C(=O)CO[C@H](C(=O)N(C)Cc2cnn(C)c2)[C@H]1c1ccccc1.